The Morgan fingerprint density at radius 2 is 2.13 bits per heavy atom. The summed E-state index contributed by atoms with van der Waals surface area (Å²) in [5.74, 6) is 0. The standard InChI is InChI=1S/C11H10BrClN2/c12-11-9(13)4-1-5-10(11)15-7-8-3-2-6-14-8/h1-6,14-15H,7H2. The van der Waals surface area contributed by atoms with Crippen LogP contribution in [0.5, 0.6) is 0 Å². The van der Waals surface area contributed by atoms with Crippen molar-refractivity contribution in [1.29, 1.82) is 0 Å². The molecule has 0 aliphatic rings. The van der Waals surface area contributed by atoms with E-state index in [0.717, 1.165) is 22.4 Å². The molecule has 0 saturated carbocycles. The summed E-state index contributed by atoms with van der Waals surface area (Å²) in [6.45, 7) is 0.756. The fraction of sp³-hybridized carbons (Fsp3) is 0.0909. The highest BCUT2D eigenvalue weighted by atomic mass is 79.9. The van der Waals surface area contributed by atoms with Crippen LogP contribution in [0.4, 0.5) is 5.69 Å². The summed E-state index contributed by atoms with van der Waals surface area (Å²) in [5, 5.41) is 4.01. The Hall–Kier alpha value is -0.930. The maximum atomic E-state index is 5.98. The number of hydrogen-bond donors (Lipinski definition) is 2. The van der Waals surface area contributed by atoms with Gasteiger partial charge in [-0.2, -0.15) is 0 Å². The summed E-state index contributed by atoms with van der Waals surface area (Å²) < 4.78 is 0.901. The quantitative estimate of drug-likeness (QED) is 0.875. The van der Waals surface area contributed by atoms with Crippen LogP contribution in [0.3, 0.4) is 0 Å². The molecule has 0 bridgehead atoms. The predicted octanol–water partition coefficient (Wildman–Crippen LogP) is 4.04. The van der Waals surface area contributed by atoms with Crippen molar-refractivity contribution in [2.75, 3.05) is 5.32 Å². The Morgan fingerprint density at radius 1 is 1.27 bits per heavy atom. The largest absolute Gasteiger partial charge is 0.379 e. The van der Waals surface area contributed by atoms with E-state index in [4.69, 9.17) is 11.6 Å². The number of nitrogens with one attached hydrogen (secondary N) is 2. The van der Waals surface area contributed by atoms with Crippen LogP contribution in [0.15, 0.2) is 41.0 Å². The molecule has 0 fully saturated rings. The zero-order chi connectivity index (χ0) is 10.7. The van der Waals surface area contributed by atoms with E-state index in [1.165, 1.54) is 0 Å². The number of rotatable bonds is 3. The van der Waals surface area contributed by atoms with Crippen molar-refractivity contribution in [2.45, 2.75) is 6.54 Å². The molecule has 0 amide bonds. The molecular formula is C11H10BrClN2. The molecule has 2 N–H and O–H groups in total. The third kappa shape index (κ3) is 2.55. The number of benzene rings is 1. The molecule has 0 atom stereocenters. The molecule has 2 nitrogen and oxygen atoms in total. The maximum Gasteiger partial charge on any atom is 0.0593 e. The number of H-pyrrole nitrogens is 1. The lowest BCUT2D eigenvalue weighted by Gasteiger charge is -2.08. The monoisotopic (exact) mass is 284 g/mol. The van der Waals surface area contributed by atoms with E-state index in [9.17, 15) is 0 Å². The number of halogens is 2. The molecule has 0 saturated heterocycles. The van der Waals surface area contributed by atoms with E-state index in [2.05, 4.69) is 26.2 Å². The van der Waals surface area contributed by atoms with Crippen molar-refractivity contribution < 1.29 is 0 Å². The molecule has 1 aromatic carbocycles. The molecular weight excluding hydrogens is 275 g/mol. The molecule has 2 rings (SSSR count). The Balaban J connectivity index is 2.08. The third-order valence-electron chi connectivity index (χ3n) is 2.08. The summed E-state index contributed by atoms with van der Waals surface area (Å²) in [6.07, 6.45) is 1.91. The number of aromatic nitrogens is 1. The van der Waals surface area contributed by atoms with Gasteiger partial charge in [0.05, 0.1) is 21.7 Å². The van der Waals surface area contributed by atoms with E-state index in [1.807, 2.05) is 36.5 Å². The van der Waals surface area contributed by atoms with Crippen molar-refractivity contribution in [1.82, 2.24) is 4.98 Å². The second-order valence-electron chi connectivity index (χ2n) is 3.15. The molecule has 0 aliphatic heterocycles. The lowest BCUT2D eigenvalue weighted by molar-refractivity contribution is 1.07. The summed E-state index contributed by atoms with van der Waals surface area (Å²) in [6, 6.07) is 9.77. The van der Waals surface area contributed by atoms with Crippen LogP contribution >= 0.6 is 27.5 Å². The van der Waals surface area contributed by atoms with Gasteiger partial charge in [-0.15, -0.1) is 0 Å². The van der Waals surface area contributed by atoms with Crippen LogP contribution < -0.4 is 5.32 Å². The first-order valence-electron chi connectivity index (χ1n) is 4.57. The first kappa shape index (κ1) is 10.6. The van der Waals surface area contributed by atoms with Gasteiger partial charge in [0.2, 0.25) is 0 Å². The molecule has 0 spiro atoms. The van der Waals surface area contributed by atoms with Gasteiger partial charge in [0, 0.05) is 11.9 Å². The van der Waals surface area contributed by atoms with Crippen LogP contribution in [0.25, 0.3) is 0 Å². The highest BCUT2D eigenvalue weighted by Gasteiger charge is 2.02. The molecule has 0 radical (unpaired) electrons. The highest BCUT2D eigenvalue weighted by Crippen LogP contribution is 2.30. The van der Waals surface area contributed by atoms with Crippen LogP contribution in [-0.4, -0.2) is 4.98 Å². The number of anilines is 1. The molecule has 1 heterocycles. The first-order chi connectivity index (χ1) is 7.27. The second-order valence-corrected chi connectivity index (χ2v) is 4.35. The minimum atomic E-state index is 0.714. The topological polar surface area (TPSA) is 27.8 Å². The fourth-order valence-electron chi connectivity index (χ4n) is 1.31. The van der Waals surface area contributed by atoms with Crippen molar-refractivity contribution in [3.63, 3.8) is 0 Å². The molecule has 0 aliphatic carbocycles. The summed E-state index contributed by atoms with van der Waals surface area (Å²) >= 11 is 9.42. The minimum absolute atomic E-state index is 0.714. The first-order valence-corrected chi connectivity index (χ1v) is 5.74. The van der Waals surface area contributed by atoms with Crippen molar-refractivity contribution >= 4 is 33.2 Å². The Kier molecular flexibility index (Phi) is 3.34. The highest BCUT2D eigenvalue weighted by molar-refractivity contribution is 9.10. The number of aromatic amines is 1. The minimum Gasteiger partial charge on any atom is -0.379 e. The molecule has 4 heteroatoms. The van der Waals surface area contributed by atoms with E-state index in [0.29, 0.717) is 5.02 Å². The van der Waals surface area contributed by atoms with Crippen LogP contribution in [0.2, 0.25) is 5.02 Å². The summed E-state index contributed by atoms with van der Waals surface area (Å²) in [4.78, 5) is 3.13. The van der Waals surface area contributed by atoms with Crippen molar-refractivity contribution in [3.8, 4) is 0 Å². The van der Waals surface area contributed by atoms with E-state index in [-0.39, 0.29) is 0 Å². The van der Waals surface area contributed by atoms with Crippen LogP contribution in [-0.2, 0) is 6.54 Å². The fourth-order valence-corrected chi connectivity index (χ4v) is 1.89. The summed E-state index contributed by atoms with van der Waals surface area (Å²) in [5.41, 5.74) is 2.14. The van der Waals surface area contributed by atoms with Gasteiger partial charge in [0.15, 0.2) is 0 Å². The Morgan fingerprint density at radius 3 is 2.87 bits per heavy atom. The van der Waals surface area contributed by atoms with E-state index < -0.39 is 0 Å². The van der Waals surface area contributed by atoms with Gasteiger partial charge in [-0.25, -0.2) is 0 Å². The Labute approximate surface area is 102 Å². The zero-order valence-electron chi connectivity index (χ0n) is 7.93. The normalized spacial score (nSPS) is 10.3. The van der Waals surface area contributed by atoms with Gasteiger partial charge in [-0.05, 0) is 40.2 Å². The molecule has 15 heavy (non-hydrogen) atoms. The smallest absolute Gasteiger partial charge is 0.0593 e. The molecule has 0 unspecified atom stereocenters. The molecule has 1 aromatic heterocycles. The van der Waals surface area contributed by atoms with Gasteiger partial charge in [-0.1, -0.05) is 17.7 Å². The van der Waals surface area contributed by atoms with Gasteiger partial charge in [0.25, 0.3) is 0 Å². The van der Waals surface area contributed by atoms with E-state index in [1.54, 1.807) is 0 Å². The second kappa shape index (κ2) is 4.73. The maximum absolute atomic E-state index is 5.98. The SMILES string of the molecule is Clc1cccc(NCc2ccc[nH]2)c1Br. The lowest BCUT2D eigenvalue weighted by Crippen LogP contribution is -2.00. The van der Waals surface area contributed by atoms with E-state index >= 15 is 0 Å². The van der Waals surface area contributed by atoms with Gasteiger partial charge < -0.3 is 10.3 Å². The predicted molar refractivity (Wildman–Crippen MR) is 67.3 cm³/mol. The molecule has 78 valence electrons. The zero-order valence-corrected chi connectivity index (χ0v) is 10.3. The van der Waals surface area contributed by atoms with Gasteiger partial charge >= 0.3 is 0 Å². The molecule has 2 aromatic rings. The van der Waals surface area contributed by atoms with Gasteiger partial charge in [0.1, 0.15) is 0 Å². The average molecular weight is 286 g/mol. The average Bonchev–Trinajstić information content (AvgIpc) is 2.73. The third-order valence-corrected chi connectivity index (χ3v) is 3.48. The van der Waals surface area contributed by atoms with Crippen molar-refractivity contribution in [3.05, 3.63) is 51.7 Å². The van der Waals surface area contributed by atoms with Gasteiger partial charge in [-0.3, -0.25) is 0 Å². The number of hydrogen-bond acceptors (Lipinski definition) is 1. The van der Waals surface area contributed by atoms with Crippen LogP contribution in [0.1, 0.15) is 5.69 Å². The van der Waals surface area contributed by atoms with Crippen LogP contribution in [0, 0.1) is 0 Å². The summed E-state index contributed by atoms with van der Waals surface area (Å²) in [7, 11) is 0. The Bertz CT molecular complexity index is 440. The lowest BCUT2D eigenvalue weighted by atomic mass is 10.3. The van der Waals surface area contributed by atoms with Crippen molar-refractivity contribution in [2.24, 2.45) is 0 Å².